The molecule has 0 aliphatic rings. The molecule has 2 aromatic rings. The number of hydrogen-bond donors (Lipinski definition) is 0. The lowest BCUT2D eigenvalue weighted by molar-refractivity contribution is -0.0327. The van der Waals surface area contributed by atoms with Crippen LogP contribution in [0, 0.1) is 0 Å². The fourth-order valence-electron chi connectivity index (χ4n) is 1.83. The second kappa shape index (κ2) is 6.80. The average Bonchev–Trinajstić information content (AvgIpc) is 2.47. The van der Waals surface area contributed by atoms with Gasteiger partial charge in [-0.2, -0.15) is 13.2 Å². The molecule has 0 unspecified atom stereocenters. The molecule has 0 aromatic heterocycles. The van der Waals surface area contributed by atoms with E-state index in [0.29, 0.717) is 5.71 Å². The fourth-order valence-corrected chi connectivity index (χ4v) is 2.23. The van der Waals surface area contributed by atoms with Gasteiger partial charge in [0.1, 0.15) is 0 Å². The van der Waals surface area contributed by atoms with Gasteiger partial charge >= 0.3 is 5.51 Å². The van der Waals surface area contributed by atoms with E-state index in [4.69, 9.17) is 0 Å². The number of thioether (sulfide) groups is 1. The van der Waals surface area contributed by atoms with Gasteiger partial charge in [0, 0.05) is 5.71 Å². The van der Waals surface area contributed by atoms with E-state index in [1.807, 2.05) is 54.6 Å². The van der Waals surface area contributed by atoms with E-state index in [2.05, 4.69) is 4.99 Å². The Kier molecular flexibility index (Phi) is 5.07. The third kappa shape index (κ3) is 4.93. The van der Waals surface area contributed by atoms with Gasteiger partial charge in [0.2, 0.25) is 0 Å². The van der Waals surface area contributed by atoms with Crippen LogP contribution in [0.25, 0.3) is 11.1 Å². The lowest BCUT2D eigenvalue weighted by Crippen LogP contribution is -2.02. The SMILES string of the molecule is CC(=NCSC(F)(F)F)c1ccc(-c2ccccc2)cc1. The summed E-state index contributed by atoms with van der Waals surface area (Å²) in [7, 11) is 0. The molecule has 0 heterocycles. The van der Waals surface area contributed by atoms with Gasteiger partial charge < -0.3 is 0 Å². The number of rotatable bonds is 4. The van der Waals surface area contributed by atoms with Crippen LogP contribution in [-0.4, -0.2) is 17.1 Å². The van der Waals surface area contributed by atoms with Crippen molar-refractivity contribution in [3.05, 3.63) is 60.2 Å². The minimum Gasteiger partial charge on any atom is -0.278 e. The van der Waals surface area contributed by atoms with Crippen LogP contribution in [0.2, 0.25) is 0 Å². The Balaban J connectivity index is 2.07. The molecule has 0 N–H and O–H groups in total. The number of nitrogens with zero attached hydrogens (tertiary/aromatic N) is 1. The van der Waals surface area contributed by atoms with E-state index < -0.39 is 5.51 Å². The summed E-state index contributed by atoms with van der Waals surface area (Å²) < 4.78 is 36.1. The van der Waals surface area contributed by atoms with Crippen molar-refractivity contribution in [2.75, 3.05) is 5.88 Å². The summed E-state index contributed by atoms with van der Waals surface area (Å²) in [4.78, 5) is 3.94. The van der Waals surface area contributed by atoms with Crippen molar-refractivity contribution in [1.82, 2.24) is 0 Å². The van der Waals surface area contributed by atoms with Gasteiger partial charge in [-0.15, -0.1) is 0 Å². The zero-order valence-corrected chi connectivity index (χ0v) is 12.2. The van der Waals surface area contributed by atoms with Crippen molar-refractivity contribution in [3.8, 4) is 11.1 Å². The zero-order valence-electron chi connectivity index (χ0n) is 11.4. The van der Waals surface area contributed by atoms with Gasteiger partial charge in [-0.25, -0.2) is 0 Å². The number of halogens is 3. The summed E-state index contributed by atoms with van der Waals surface area (Å²) in [6.07, 6.45) is 0. The molecule has 5 heteroatoms. The zero-order chi connectivity index (χ0) is 15.3. The first-order valence-corrected chi connectivity index (χ1v) is 7.32. The lowest BCUT2D eigenvalue weighted by atomic mass is 10.0. The predicted octanol–water partition coefficient (Wildman–Crippen LogP) is 5.37. The Labute approximate surface area is 125 Å². The highest BCUT2D eigenvalue weighted by molar-refractivity contribution is 8.00. The summed E-state index contributed by atoms with van der Waals surface area (Å²) in [5, 5.41) is 0. The summed E-state index contributed by atoms with van der Waals surface area (Å²) in [6.45, 7) is 1.72. The van der Waals surface area contributed by atoms with Gasteiger partial charge in [-0.05, 0) is 35.4 Å². The molecular formula is C16H14F3NS. The standard InChI is InChI=1S/C16H14F3NS/c1-12(20-11-21-16(17,18)19)13-7-9-15(10-8-13)14-5-3-2-4-6-14/h2-10H,11H2,1H3. The molecular weight excluding hydrogens is 295 g/mol. The Hall–Kier alpha value is -1.75. The molecule has 0 atom stereocenters. The lowest BCUT2D eigenvalue weighted by Gasteiger charge is -2.06. The monoisotopic (exact) mass is 309 g/mol. The van der Waals surface area contributed by atoms with Crippen LogP contribution in [0.4, 0.5) is 13.2 Å². The van der Waals surface area contributed by atoms with Gasteiger partial charge in [-0.1, -0.05) is 54.6 Å². The van der Waals surface area contributed by atoms with Crippen molar-refractivity contribution < 1.29 is 13.2 Å². The van der Waals surface area contributed by atoms with Crippen molar-refractivity contribution in [3.63, 3.8) is 0 Å². The molecule has 1 nitrogen and oxygen atoms in total. The summed E-state index contributed by atoms with van der Waals surface area (Å²) in [5.74, 6) is -0.310. The van der Waals surface area contributed by atoms with Crippen molar-refractivity contribution in [2.45, 2.75) is 12.4 Å². The fraction of sp³-hybridized carbons (Fsp3) is 0.188. The topological polar surface area (TPSA) is 12.4 Å². The first kappa shape index (κ1) is 15.6. The Bertz CT molecular complexity index is 604. The van der Waals surface area contributed by atoms with E-state index in [0.717, 1.165) is 16.7 Å². The highest BCUT2D eigenvalue weighted by atomic mass is 32.2. The van der Waals surface area contributed by atoms with Gasteiger partial charge in [-0.3, -0.25) is 4.99 Å². The normalized spacial score (nSPS) is 12.5. The molecule has 2 aromatic carbocycles. The molecule has 2 rings (SSSR count). The number of alkyl halides is 3. The van der Waals surface area contributed by atoms with Crippen LogP contribution in [0.5, 0.6) is 0 Å². The van der Waals surface area contributed by atoms with E-state index in [1.165, 1.54) is 0 Å². The third-order valence-corrected chi connectivity index (χ3v) is 3.53. The molecule has 0 radical (unpaired) electrons. The van der Waals surface area contributed by atoms with Crippen LogP contribution in [0.15, 0.2) is 59.6 Å². The molecule has 0 fully saturated rings. The first-order valence-electron chi connectivity index (χ1n) is 6.33. The smallest absolute Gasteiger partial charge is 0.278 e. The summed E-state index contributed by atoms with van der Waals surface area (Å²) >= 11 is -0.131. The van der Waals surface area contributed by atoms with Crippen LogP contribution in [0.1, 0.15) is 12.5 Å². The van der Waals surface area contributed by atoms with Crippen molar-refractivity contribution >= 4 is 17.5 Å². The summed E-state index contributed by atoms with van der Waals surface area (Å²) in [5.41, 5.74) is -0.632. The molecule has 0 saturated carbocycles. The maximum atomic E-state index is 12.0. The van der Waals surface area contributed by atoms with Crippen LogP contribution >= 0.6 is 11.8 Å². The third-order valence-electron chi connectivity index (χ3n) is 2.94. The van der Waals surface area contributed by atoms with Crippen molar-refractivity contribution in [1.29, 1.82) is 0 Å². The highest BCUT2D eigenvalue weighted by Gasteiger charge is 2.27. The summed E-state index contributed by atoms with van der Waals surface area (Å²) in [6, 6.07) is 17.5. The minimum absolute atomic E-state index is 0.131. The van der Waals surface area contributed by atoms with Gasteiger partial charge in [0.25, 0.3) is 0 Å². The molecule has 110 valence electrons. The van der Waals surface area contributed by atoms with E-state index in [-0.39, 0.29) is 17.6 Å². The Morgan fingerprint density at radius 2 is 1.52 bits per heavy atom. The molecule has 0 aliphatic carbocycles. The average molecular weight is 309 g/mol. The maximum Gasteiger partial charge on any atom is 0.443 e. The second-order valence-electron chi connectivity index (χ2n) is 4.41. The number of aliphatic imine (C=N–C) groups is 1. The van der Waals surface area contributed by atoms with Gasteiger partial charge in [0.15, 0.2) is 0 Å². The molecule has 0 saturated heterocycles. The van der Waals surface area contributed by atoms with E-state index in [9.17, 15) is 13.2 Å². The predicted molar refractivity (Wildman–Crippen MR) is 82.6 cm³/mol. The van der Waals surface area contributed by atoms with Gasteiger partial charge in [0.05, 0.1) is 5.88 Å². The molecule has 21 heavy (non-hydrogen) atoms. The Morgan fingerprint density at radius 1 is 0.952 bits per heavy atom. The highest BCUT2D eigenvalue weighted by Crippen LogP contribution is 2.30. The molecule has 0 spiro atoms. The molecule has 0 bridgehead atoms. The van der Waals surface area contributed by atoms with Crippen LogP contribution in [-0.2, 0) is 0 Å². The Morgan fingerprint density at radius 3 is 2.10 bits per heavy atom. The van der Waals surface area contributed by atoms with Crippen LogP contribution in [0.3, 0.4) is 0 Å². The number of benzene rings is 2. The number of hydrogen-bond acceptors (Lipinski definition) is 2. The van der Waals surface area contributed by atoms with E-state index in [1.54, 1.807) is 6.92 Å². The van der Waals surface area contributed by atoms with Crippen molar-refractivity contribution in [2.24, 2.45) is 4.99 Å². The maximum absolute atomic E-state index is 12.0. The largest absolute Gasteiger partial charge is 0.443 e. The minimum atomic E-state index is -4.24. The molecule has 0 amide bonds. The second-order valence-corrected chi connectivity index (χ2v) is 5.42. The van der Waals surface area contributed by atoms with E-state index >= 15 is 0 Å². The first-order chi connectivity index (χ1) is 9.96. The molecule has 0 aliphatic heterocycles. The quantitative estimate of drug-likeness (QED) is 0.691. The van der Waals surface area contributed by atoms with Crippen LogP contribution < -0.4 is 0 Å².